The SMILES string of the molecule is COc1c(CN2O[C@@H](CO)[C@@H]([C@H](C)O)[C@H]2C(=O)N[C@H]2C[C@H]3C[C@@H]([C@@H]2C)C3(C)C)cccc1-c1cc(C(=O)N[C@@H](Cc2cnc[nH]2)CN(C)C)cc(N(C)C)c1. The van der Waals surface area contributed by atoms with E-state index in [2.05, 4.69) is 41.4 Å². The minimum Gasteiger partial charge on any atom is -0.496 e. The molecule has 0 spiro atoms. The fourth-order valence-corrected chi connectivity index (χ4v) is 9.52. The summed E-state index contributed by atoms with van der Waals surface area (Å²) in [6, 6.07) is 10.6. The number of likely N-dealkylation sites (N-methyl/N-ethyl adjacent to an activating group) is 1. The van der Waals surface area contributed by atoms with E-state index in [0.717, 1.165) is 34.5 Å². The molecule has 4 fully saturated rings. The monoisotopic (exact) mass is 759 g/mol. The topological polar surface area (TPSA) is 156 Å². The van der Waals surface area contributed by atoms with Gasteiger partial charge in [0, 0.05) is 79.3 Å². The van der Waals surface area contributed by atoms with Gasteiger partial charge in [-0.3, -0.25) is 14.4 Å². The van der Waals surface area contributed by atoms with E-state index in [0.29, 0.717) is 42.0 Å². The Hall–Kier alpha value is -4.01. The number of nitrogens with one attached hydrogen (secondary N) is 3. The Bertz CT molecular complexity index is 1800. The van der Waals surface area contributed by atoms with Crippen molar-refractivity contribution in [3.63, 3.8) is 0 Å². The highest BCUT2D eigenvalue weighted by Gasteiger charge is 2.57. The van der Waals surface area contributed by atoms with E-state index in [-0.39, 0.29) is 42.5 Å². The number of nitrogens with zero attached hydrogens (tertiary/aromatic N) is 4. The molecule has 9 atom stereocenters. The lowest BCUT2D eigenvalue weighted by Crippen LogP contribution is -2.62. The Morgan fingerprint density at radius 2 is 1.93 bits per heavy atom. The van der Waals surface area contributed by atoms with Crippen LogP contribution in [0.25, 0.3) is 11.1 Å². The summed E-state index contributed by atoms with van der Waals surface area (Å²) in [5, 5.41) is 29.5. The molecule has 3 aliphatic carbocycles. The average molecular weight is 760 g/mol. The maximum absolute atomic E-state index is 14.3. The first kappa shape index (κ1) is 40.6. The lowest BCUT2D eigenvalue weighted by molar-refractivity contribution is -0.183. The van der Waals surface area contributed by atoms with Crippen LogP contribution in [0.4, 0.5) is 5.69 Å². The number of aromatic nitrogens is 2. The van der Waals surface area contributed by atoms with E-state index in [9.17, 15) is 19.8 Å². The van der Waals surface area contributed by atoms with Crippen molar-refractivity contribution in [2.24, 2.45) is 29.1 Å². The number of aliphatic hydroxyl groups excluding tert-OH is 2. The normalized spacial score (nSPS) is 26.9. The minimum absolute atomic E-state index is 0.0332. The first-order valence-corrected chi connectivity index (χ1v) is 19.6. The quantitative estimate of drug-likeness (QED) is 0.155. The lowest BCUT2D eigenvalue weighted by Gasteiger charge is -2.62. The minimum atomic E-state index is -0.905. The van der Waals surface area contributed by atoms with Gasteiger partial charge in [-0.15, -0.1) is 0 Å². The fourth-order valence-electron chi connectivity index (χ4n) is 9.52. The van der Waals surface area contributed by atoms with Gasteiger partial charge in [0.1, 0.15) is 17.9 Å². The molecule has 2 bridgehead atoms. The van der Waals surface area contributed by atoms with Crippen molar-refractivity contribution >= 4 is 17.5 Å². The number of rotatable bonds is 15. The van der Waals surface area contributed by atoms with Crippen molar-refractivity contribution in [3.8, 4) is 16.9 Å². The molecule has 2 aromatic carbocycles. The van der Waals surface area contributed by atoms with Crippen molar-refractivity contribution in [1.82, 2.24) is 30.6 Å². The second-order valence-corrected chi connectivity index (χ2v) is 17.1. The maximum atomic E-state index is 14.3. The number of fused-ring (bicyclic) bond motifs is 2. The van der Waals surface area contributed by atoms with Gasteiger partial charge < -0.3 is 40.4 Å². The second-order valence-electron chi connectivity index (χ2n) is 17.1. The van der Waals surface area contributed by atoms with Gasteiger partial charge in [0.2, 0.25) is 5.91 Å². The summed E-state index contributed by atoms with van der Waals surface area (Å²) in [7, 11) is 9.43. The number of methoxy groups -OCH3 is 1. The molecular formula is C42H61N7O6. The van der Waals surface area contributed by atoms with Gasteiger partial charge in [-0.1, -0.05) is 39.0 Å². The van der Waals surface area contributed by atoms with Crippen LogP contribution in [0.1, 0.15) is 62.2 Å². The molecule has 5 N–H and O–H groups in total. The molecule has 0 unspecified atom stereocenters. The number of para-hydroxylation sites is 1. The molecular weight excluding hydrogens is 699 g/mol. The number of hydrogen-bond acceptors (Lipinski definition) is 10. The number of H-pyrrole nitrogens is 1. The predicted octanol–water partition coefficient (Wildman–Crippen LogP) is 3.71. The highest BCUT2D eigenvalue weighted by molar-refractivity contribution is 5.97. The van der Waals surface area contributed by atoms with Crippen LogP contribution in [0.15, 0.2) is 48.9 Å². The molecule has 13 nitrogen and oxygen atoms in total. The van der Waals surface area contributed by atoms with Gasteiger partial charge in [-0.2, -0.15) is 5.06 Å². The third-order valence-electron chi connectivity index (χ3n) is 12.6. The van der Waals surface area contributed by atoms with E-state index < -0.39 is 24.2 Å². The second kappa shape index (κ2) is 16.6. The fraction of sp³-hybridized carbons (Fsp3) is 0.595. The Kier molecular flexibility index (Phi) is 12.3. The number of carbonyl (C=O) groups is 2. The molecule has 3 aromatic rings. The van der Waals surface area contributed by atoms with Gasteiger partial charge in [0.15, 0.2) is 0 Å². The van der Waals surface area contributed by atoms with Crippen LogP contribution in [-0.4, -0.2) is 121 Å². The van der Waals surface area contributed by atoms with E-state index >= 15 is 0 Å². The number of benzene rings is 2. The van der Waals surface area contributed by atoms with E-state index in [1.54, 1.807) is 31.6 Å². The van der Waals surface area contributed by atoms with Crippen LogP contribution in [0.3, 0.4) is 0 Å². The summed E-state index contributed by atoms with van der Waals surface area (Å²) in [5.74, 6) is 0.971. The molecule has 1 saturated heterocycles. The number of amides is 2. The van der Waals surface area contributed by atoms with Crippen molar-refractivity contribution < 1.29 is 29.4 Å². The summed E-state index contributed by atoms with van der Waals surface area (Å²) in [4.78, 5) is 45.8. The average Bonchev–Trinajstić information content (AvgIpc) is 3.79. The zero-order valence-electron chi connectivity index (χ0n) is 33.9. The zero-order chi connectivity index (χ0) is 39.8. The van der Waals surface area contributed by atoms with Crippen LogP contribution < -0.4 is 20.3 Å². The van der Waals surface area contributed by atoms with Crippen LogP contribution >= 0.6 is 0 Å². The number of aliphatic hydroxyl groups is 2. The Balaban J connectivity index is 1.28. The Morgan fingerprint density at radius 1 is 1.16 bits per heavy atom. The van der Waals surface area contributed by atoms with Gasteiger partial charge in [-0.25, -0.2) is 4.98 Å². The van der Waals surface area contributed by atoms with Crippen LogP contribution in [0.2, 0.25) is 0 Å². The number of imidazole rings is 1. The van der Waals surface area contributed by atoms with Crippen LogP contribution in [-0.2, 0) is 22.6 Å². The summed E-state index contributed by atoms with van der Waals surface area (Å²) in [5.41, 5.74) is 4.87. The maximum Gasteiger partial charge on any atom is 0.251 e. The smallest absolute Gasteiger partial charge is 0.251 e. The number of aromatic amines is 1. The number of ether oxygens (including phenoxy) is 1. The first-order valence-electron chi connectivity index (χ1n) is 19.6. The van der Waals surface area contributed by atoms with Crippen molar-refractivity contribution in [1.29, 1.82) is 0 Å². The number of anilines is 1. The highest BCUT2D eigenvalue weighted by Crippen LogP contribution is 2.61. The third kappa shape index (κ3) is 8.41. The van der Waals surface area contributed by atoms with Crippen molar-refractivity contribution in [2.45, 2.75) is 83.8 Å². The molecule has 2 heterocycles. The summed E-state index contributed by atoms with van der Waals surface area (Å²) in [6.07, 6.45) is 4.47. The van der Waals surface area contributed by atoms with Gasteiger partial charge in [0.05, 0.1) is 32.7 Å². The lowest BCUT2D eigenvalue weighted by atomic mass is 9.45. The molecule has 55 heavy (non-hydrogen) atoms. The molecule has 300 valence electrons. The third-order valence-corrected chi connectivity index (χ3v) is 12.6. The largest absolute Gasteiger partial charge is 0.496 e. The van der Waals surface area contributed by atoms with Crippen molar-refractivity contribution in [3.05, 3.63) is 65.7 Å². The molecule has 7 rings (SSSR count). The van der Waals surface area contributed by atoms with Crippen LogP contribution in [0, 0.1) is 29.1 Å². The van der Waals surface area contributed by atoms with Crippen LogP contribution in [0.5, 0.6) is 5.75 Å². The number of carbonyl (C=O) groups excluding carboxylic acids is 2. The van der Waals surface area contributed by atoms with Crippen molar-refractivity contribution in [2.75, 3.05) is 53.4 Å². The summed E-state index contributed by atoms with van der Waals surface area (Å²) < 4.78 is 6.09. The van der Waals surface area contributed by atoms with E-state index in [1.165, 1.54) is 6.42 Å². The standard InChI is InChI=1S/C42H61N7O6/c1-24-34-16-29(42(34,3)4)17-35(24)46-41(53)38-37(25(2)51)36(22-50)55-49(38)20-26-11-10-12-33(39(26)54-9)27-13-28(15-32(14-27)48(7)8)40(52)45-31(21-47(5)6)18-30-19-43-23-44-30/h10-15,19,23-25,29,31,34-38,50-51H,16-18,20-22H2,1-9H3,(H,43,44)(H,45,52)(H,46,53)/t24-,25-,29+,31-,34-,35-,36-,37+,38-/m0/s1. The Morgan fingerprint density at radius 3 is 2.53 bits per heavy atom. The molecule has 3 saturated carbocycles. The molecule has 1 aliphatic heterocycles. The zero-order valence-corrected chi connectivity index (χ0v) is 33.9. The van der Waals surface area contributed by atoms with Gasteiger partial charge in [0.25, 0.3) is 5.91 Å². The Labute approximate surface area is 325 Å². The molecule has 4 aliphatic rings. The first-order chi connectivity index (χ1) is 26.1. The number of hydrogen-bond donors (Lipinski definition) is 5. The van der Waals surface area contributed by atoms with E-state index in [1.807, 2.05) is 74.4 Å². The predicted molar refractivity (Wildman–Crippen MR) is 212 cm³/mol. The molecule has 1 aromatic heterocycles. The van der Waals surface area contributed by atoms with E-state index in [4.69, 9.17) is 9.57 Å². The molecule has 2 amide bonds. The molecule has 0 radical (unpaired) electrons. The summed E-state index contributed by atoms with van der Waals surface area (Å²) >= 11 is 0. The van der Waals surface area contributed by atoms with Gasteiger partial charge in [-0.05, 0) is 80.8 Å². The summed E-state index contributed by atoms with van der Waals surface area (Å²) in [6.45, 7) is 9.01. The van der Waals surface area contributed by atoms with Gasteiger partial charge >= 0.3 is 0 Å². The molecule has 13 heteroatoms. The number of hydroxylamine groups is 2. The highest BCUT2D eigenvalue weighted by atomic mass is 16.7.